The Hall–Kier alpha value is -1.48. The van der Waals surface area contributed by atoms with Crippen molar-refractivity contribution in [1.82, 2.24) is 15.2 Å². The van der Waals surface area contributed by atoms with Crippen LogP contribution in [-0.4, -0.2) is 15.2 Å². The Labute approximate surface area is 93.1 Å². The first-order valence-corrected chi connectivity index (χ1v) is 4.98. The average molecular weight is 220 g/mol. The van der Waals surface area contributed by atoms with Crippen molar-refractivity contribution in [2.45, 2.75) is 13.8 Å². The van der Waals surface area contributed by atoms with Gasteiger partial charge in [-0.3, -0.25) is 0 Å². The molecule has 0 saturated heterocycles. The van der Waals surface area contributed by atoms with Gasteiger partial charge in [0, 0.05) is 5.56 Å². The first kappa shape index (κ1) is 10.1. The third-order valence-corrected chi connectivity index (χ3v) is 2.31. The highest BCUT2D eigenvalue weighted by Crippen LogP contribution is 2.23. The fourth-order valence-corrected chi connectivity index (χ4v) is 1.62. The third-order valence-electron chi connectivity index (χ3n) is 2.04. The highest BCUT2D eigenvalue weighted by atomic mass is 35.5. The van der Waals surface area contributed by atoms with E-state index >= 15 is 0 Å². The maximum Gasteiger partial charge on any atom is 0.159 e. The summed E-state index contributed by atoms with van der Waals surface area (Å²) in [4.78, 5) is 4.07. The van der Waals surface area contributed by atoms with Gasteiger partial charge in [0.2, 0.25) is 0 Å². The van der Waals surface area contributed by atoms with Gasteiger partial charge in [-0.15, -0.1) is 10.2 Å². The molecule has 0 unspecified atom stereocenters. The molecule has 0 aliphatic rings. The van der Waals surface area contributed by atoms with Crippen molar-refractivity contribution >= 4 is 11.6 Å². The third kappa shape index (κ3) is 2.13. The molecular formula is C11H10ClN3. The van der Waals surface area contributed by atoms with Gasteiger partial charge in [-0.05, 0) is 19.9 Å². The quantitative estimate of drug-likeness (QED) is 0.740. The molecular weight excluding hydrogens is 210 g/mol. The van der Waals surface area contributed by atoms with E-state index in [1.54, 1.807) is 6.92 Å². The van der Waals surface area contributed by atoms with E-state index in [2.05, 4.69) is 15.2 Å². The standard InChI is InChI=1S/C11H10ClN3/c1-7-4-3-5-9(6-7)10-11(12)13-8(2)14-15-10/h3-6H,1-2H3. The molecule has 15 heavy (non-hydrogen) atoms. The molecule has 4 heteroatoms. The minimum atomic E-state index is 0.396. The van der Waals surface area contributed by atoms with E-state index in [9.17, 15) is 0 Å². The summed E-state index contributed by atoms with van der Waals surface area (Å²) in [6.45, 7) is 3.78. The predicted molar refractivity (Wildman–Crippen MR) is 59.7 cm³/mol. The van der Waals surface area contributed by atoms with Gasteiger partial charge in [0.05, 0.1) is 0 Å². The Morgan fingerprint density at radius 3 is 2.60 bits per heavy atom. The van der Waals surface area contributed by atoms with Gasteiger partial charge in [0.1, 0.15) is 11.5 Å². The van der Waals surface area contributed by atoms with Crippen LogP contribution in [0, 0.1) is 13.8 Å². The molecule has 0 saturated carbocycles. The first-order chi connectivity index (χ1) is 7.16. The van der Waals surface area contributed by atoms with E-state index in [4.69, 9.17) is 11.6 Å². The molecule has 1 aromatic heterocycles. The van der Waals surface area contributed by atoms with Crippen LogP contribution in [0.4, 0.5) is 0 Å². The van der Waals surface area contributed by atoms with Gasteiger partial charge in [-0.1, -0.05) is 35.4 Å². The number of rotatable bonds is 1. The molecule has 0 aliphatic heterocycles. The van der Waals surface area contributed by atoms with Crippen molar-refractivity contribution in [3.8, 4) is 11.3 Å². The molecule has 0 N–H and O–H groups in total. The first-order valence-electron chi connectivity index (χ1n) is 4.60. The number of benzene rings is 1. The summed E-state index contributed by atoms with van der Waals surface area (Å²) < 4.78 is 0. The molecule has 0 aliphatic carbocycles. The molecule has 0 atom stereocenters. The summed E-state index contributed by atoms with van der Waals surface area (Å²) in [7, 11) is 0. The second-order valence-electron chi connectivity index (χ2n) is 3.37. The lowest BCUT2D eigenvalue weighted by molar-refractivity contribution is 0.914. The zero-order valence-corrected chi connectivity index (χ0v) is 9.28. The van der Waals surface area contributed by atoms with Crippen LogP contribution in [0.3, 0.4) is 0 Å². The van der Waals surface area contributed by atoms with Gasteiger partial charge in [-0.25, -0.2) is 4.98 Å². The van der Waals surface area contributed by atoms with Crippen LogP contribution in [0.25, 0.3) is 11.3 Å². The molecule has 0 bridgehead atoms. The molecule has 1 aromatic carbocycles. The number of aromatic nitrogens is 3. The number of halogens is 1. The molecule has 1 heterocycles. The number of aryl methyl sites for hydroxylation is 2. The van der Waals surface area contributed by atoms with Crippen LogP contribution in [0.15, 0.2) is 24.3 Å². The number of nitrogens with zero attached hydrogens (tertiary/aromatic N) is 3. The SMILES string of the molecule is Cc1cccc(-c2nnc(C)nc2Cl)c1. The zero-order chi connectivity index (χ0) is 10.8. The summed E-state index contributed by atoms with van der Waals surface area (Å²) in [5, 5.41) is 8.34. The van der Waals surface area contributed by atoms with Crippen LogP contribution < -0.4 is 0 Å². The van der Waals surface area contributed by atoms with E-state index < -0.39 is 0 Å². The average Bonchev–Trinajstić information content (AvgIpc) is 2.17. The van der Waals surface area contributed by atoms with Crippen LogP contribution in [0.1, 0.15) is 11.4 Å². The second-order valence-corrected chi connectivity index (χ2v) is 3.73. The largest absolute Gasteiger partial charge is 0.217 e. The van der Waals surface area contributed by atoms with Gasteiger partial charge in [-0.2, -0.15) is 0 Å². The van der Waals surface area contributed by atoms with Crippen LogP contribution in [0.5, 0.6) is 0 Å². The van der Waals surface area contributed by atoms with Crippen molar-refractivity contribution in [1.29, 1.82) is 0 Å². The van der Waals surface area contributed by atoms with Crippen molar-refractivity contribution in [2.75, 3.05) is 0 Å². The topological polar surface area (TPSA) is 38.7 Å². The van der Waals surface area contributed by atoms with E-state index in [0.717, 1.165) is 11.1 Å². The van der Waals surface area contributed by atoms with Crippen LogP contribution >= 0.6 is 11.6 Å². The Morgan fingerprint density at radius 2 is 1.93 bits per heavy atom. The van der Waals surface area contributed by atoms with Gasteiger partial charge in [0.25, 0.3) is 0 Å². The van der Waals surface area contributed by atoms with Gasteiger partial charge >= 0.3 is 0 Å². The summed E-state index contributed by atoms with van der Waals surface area (Å²) in [6.07, 6.45) is 0. The lowest BCUT2D eigenvalue weighted by Crippen LogP contribution is -1.96. The Kier molecular flexibility index (Phi) is 2.64. The maximum absolute atomic E-state index is 6.00. The molecule has 76 valence electrons. The van der Waals surface area contributed by atoms with E-state index in [1.165, 1.54) is 0 Å². The van der Waals surface area contributed by atoms with Gasteiger partial charge < -0.3 is 0 Å². The summed E-state index contributed by atoms with van der Waals surface area (Å²) >= 11 is 6.00. The van der Waals surface area contributed by atoms with Crippen molar-refractivity contribution in [3.63, 3.8) is 0 Å². The Balaban J connectivity index is 2.54. The fraction of sp³-hybridized carbons (Fsp3) is 0.182. The fourth-order valence-electron chi connectivity index (χ4n) is 1.35. The molecule has 0 spiro atoms. The molecule has 2 rings (SSSR count). The molecule has 0 radical (unpaired) electrons. The van der Waals surface area contributed by atoms with Crippen LogP contribution in [-0.2, 0) is 0 Å². The van der Waals surface area contributed by atoms with Crippen molar-refractivity contribution in [2.24, 2.45) is 0 Å². The molecule has 3 nitrogen and oxygen atoms in total. The second kappa shape index (κ2) is 3.95. The Bertz CT molecular complexity index is 497. The lowest BCUT2D eigenvalue weighted by Gasteiger charge is -2.03. The normalized spacial score (nSPS) is 10.3. The van der Waals surface area contributed by atoms with Crippen molar-refractivity contribution < 1.29 is 0 Å². The predicted octanol–water partition coefficient (Wildman–Crippen LogP) is 2.81. The summed E-state index contributed by atoms with van der Waals surface area (Å²) in [6, 6.07) is 7.93. The molecule has 2 aromatic rings. The van der Waals surface area contributed by atoms with E-state index in [-0.39, 0.29) is 0 Å². The maximum atomic E-state index is 6.00. The molecule has 0 fully saturated rings. The van der Waals surface area contributed by atoms with E-state index in [1.807, 2.05) is 31.2 Å². The van der Waals surface area contributed by atoms with E-state index in [0.29, 0.717) is 16.7 Å². The number of hydrogen-bond acceptors (Lipinski definition) is 3. The lowest BCUT2D eigenvalue weighted by atomic mass is 10.1. The zero-order valence-electron chi connectivity index (χ0n) is 8.53. The highest BCUT2D eigenvalue weighted by molar-refractivity contribution is 6.31. The number of hydrogen-bond donors (Lipinski definition) is 0. The summed E-state index contributed by atoms with van der Waals surface area (Å²) in [5.41, 5.74) is 2.73. The molecule has 0 amide bonds. The minimum Gasteiger partial charge on any atom is -0.217 e. The van der Waals surface area contributed by atoms with Gasteiger partial charge in [0.15, 0.2) is 5.15 Å². The van der Waals surface area contributed by atoms with Crippen molar-refractivity contribution in [3.05, 3.63) is 40.8 Å². The smallest absolute Gasteiger partial charge is 0.159 e. The van der Waals surface area contributed by atoms with Crippen LogP contribution in [0.2, 0.25) is 5.15 Å². The summed E-state index contributed by atoms with van der Waals surface area (Å²) in [5.74, 6) is 0.580. The Morgan fingerprint density at radius 1 is 1.13 bits per heavy atom. The minimum absolute atomic E-state index is 0.396. The monoisotopic (exact) mass is 219 g/mol. The highest BCUT2D eigenvalue weighted by Gasteiger charge is 2.07.